The first kappa shape index (κ1) is 15.2. The van der Waals surface area contributed by atoms with E-state index in [0.29, 0.717) is 37.9 Å². The van der Waals surface area contributed by atoms with Crippen LogP contribution in [0.2, 0.25) is 0 Å². The Bertz CT molecular complexity index is 409. The van der Waals surface area contributed by atoms with E-state index in [1.54, 1.807) is 38.3 Å². The van der Waals surface area contributed by atoms with Crippen molar-refractivity contribution in [3.63, 3.8) is 0 Å². The number of Topliss-reactive ketones (excluding diaryl/α,β-unsaturated/α-hetero) is 1. The summed E-state index contributed by atoms with van der Waals surface area (Å²) in [4.78, 5) is 23.0. The zero-order valence-corrected chi connectivity index (χ0v) is 11.5. The van der Waals surface area contributed by atoms with Crippen LogP contribution in [-0.4, -0.2) is 25.5 Å². The van der Waals surface area contributed by atoms with Crippen LogP contribution in [-0.2, 0) is 9.53 Å². The molecule has 0 N–H and O–H groups in total. The lowest BCUT2D eigenvalue weighted by molar-refractivity contribution is -0.143. The topological polar surface area (TPSA) is 52.6 Å². The SMILES string of the molecule is CCOC(=O)CCCCC(=O)c1ccc(OC)cc1. The third-order valence-electron chi connectivity index (χ3n) is 2.75. The Morgan fingerprint density at radius 1 is 1.05 bits per heavy atom. The van der Waals surface area contributed by atoms with Crippen molar-refractivity contribution < 1.29 is 19.1 Å². The predicted molar refractivity (Wildman–Crippen MR) is 72.4 cm³/mol. The lowest BCUT2D eigenvalue weighted by Gasteiger charge is -2.03. The van der Waals surface area contributed by atoms with Crippen LogP contribution >= 0.6 is 0 Å². The molecule has 0 heterocycles. The Hall–Kier alpha value is -1.84. The van der Waals surface area contributed by atoms with Gasteiger partial charge in [-0.25, -0.2) is 0 Å². The average Bonchev–Trinajstić information content (AvgIpc) is 2.44. The molecule has 4 nitrogen and oxygen atoms in total. The number of unbranched alkanes of at least 4 members (excludes halogenated alkanes) is 1. The van der Waals surface area contributed by atoms with Crippen LogP contribution in [0.4, 0.5) is 0 Å². The van der Waals surface area contributed by atoms with Gasteiger partial charge in [0.25, 0.3) is 0 Å². The van der Waals surface area contributed by atoms with E-state index in [2.05, 4.69) is 0 Å². The first-order chi connectivity index (χ1) is 9.17. The fourth-order valence-electron chi connectivity index (χ4n) is 1.71. The van der Waals surface area contributed by atoms with E-state index in [-0.39, 0.29) is 11.8 Å². The highest BCUT2D eigenvalue weighted by Crippen LogP contribution is 2.14. The Balaban J connectivity index is 2.29. The molecule has 1 aromatic rings. The van der Waals surface area contributed by atoms with Gasteiger partial charge in [0.2, 0.25) is 0 Å². The van der Waals surface area contributed by atoms with Gasteiger partial charge in [0.15, 0.2) is 5.78 Å². The van der Waals surface area contributed by atoms with Gasteiger partial charge in [-0.1, -0.05) is 0 Å². The Kier molecular flexibility index (Phi) is 6.64. The number of ketones is 1. The maximum absolute atomic E-state index is 11.9. The van der Waals surface area contributed by atoms with Gasteiger partial charge >= 0.3 is 5.97 Å². The van der Waals surface area contributed by atoms with Crippen molar-refractivity contribution in [1.29, 1.82) is 0 Å². The van der Waals surface area contributed by atoms with Crippen molar-refractivity contribution in [2.45, 2.75) is 32.6 Å². The molecule has 0 unspecified atom stereocenters. The van der Waals surface area contributed by atoms with Crippen LogP contribution in [0.3, 0.4) is 0 Å². The molecule has 0 radical (unpaired) electrons. The summed E-state index contributed by atoms with van der Waals surface area (Å²) in [5.74, 6) is 0.629. The van der Waals surface area contributed by atoms with Crippen molar-refractivity contribution in [2.24, 2.45) is 0 Å². The summed E-state index contributed by atoms with van der Waals surface area (Å²) in [6, 6.07) is 7.05. The minimum Gasteiger partial charge on any atom is -0.497 e. The number of ether oxygens (including phenoxy) is 2. The van der Waals surface area contributed by atoms with E-state index >= 15 is 0 Å². The van der Waals surface area contributed by atoms with E-state index in [0.717, 1.165) is 5.75 Å². The van der Waals surface area contributed by atoms with Gasteiger partial charge in [-0.3, -0.25) is 9.59 Å². The zero-order valence-electron chi connectivity index (χ0n) is 11.5. The predicted octanol–water partition coefficient (Wildman–Crippen LogP) is 3.00. The first-order valence-electron chi connectivity index (χ1n) is 6.50. The fourth-order valence-corrected chi connectivity index (χ4v) is 1.71. The molecular weight excluding hydrogens is 244 g/mol. The van der Waals surface area contributed by atoms with Gasteiger partial charge in [-0.05, 0) is 44.0 Å². The summed E-state index contributed by atoms with van der Waals surface area (Å²) in [7, 11) is 1.59. The summed E-state index contributed by atoms with van der Waals surface area (Å²) in [5, 5.41) is 0. The molecule has 4 heteroatoms. The maximum Gasteiger partial charge on any atom is 0.305 e. The molecule has 0 atom stereocenters. The van der Waals surface area contributed by atoms with Crippen molar-refractivity contribution in [1.82, 2.24) is 0 Å². The molecule has 0 saturated heterocycles. The van der Waals surface area contributed by atoms with E-state index in [4.69, 9.17) is 9.47 Å². The molecule has 0 fully saturated rings. The molecule has 19 heavy (non-hydrogen) atoms. The van der Waals surface area contributed by atoms with Gasteiger partial charge < -0.3 is 9.47 Å². The summed E-state index contributed by atoms with van der Waals surface area (Å²) < 4.78 is 9.86. The monoisotopic (exact) mass is 264 g/mol. The van der Waals surface area contributed by atoms with Crippen LogP contribution in [0.15, 0.2) is 24.3 Å². The number of hydrogen-bond acceptors (Lipinski definition) is 4. The van der Waals surface area contributed by atoms with E-state index in [1.165, 1.54) is 0 Å². The van der Waals surface area contributed by atoms with E-state index in [1.807, 2.05) is 0 Å². The number of methoxy groups -OCH3 is 1. The van der Waals surface area contributed by atoms with Gasteiger partial charge in [-0.15, -0.1) is 0 Å². The van der Waals surface area contributed by atoms with Crippen molar-refractivity contribution in [3.05, 3.63) is 29.8 Å². The highest BCUT2D eigenvalue weighted by Gasteiger charge is 2.07. The lowest BCUT2D eigenvalue weighted by Crippen LogP contribution is -2.04. The van der Waals surface area contributed by atoms with Crippen LogP contribution in [0.25, 0.3) is 0 Å². The molecular formula is C15H20O4. The molecule has 0 spiro atoms. The van der Waals surface area contributed by atoms with Crippen LogP contribution < -0.4 is 4.74 Å². The van der Waals surface area contributed by atoms with Gasteiger partial charge in [0.1, 0.15) is 5.75 Å². The number of carbonyl (C=O) groups is 2. The number of carbonyl (C=O) groups excluding carboxylic acids is 2. The molecule has 104 valence electrons. The Labute approximate surface area is 113 Å². The second-order valence-electron chi connectivity index (χ2n) is 4.16. The number of rotatable bonds is 8. The van der Waals surface area contributed by atoms with Crippen molar-refractivity contribution in [2.75, 3.05) is 13.7 Å². The van der Waals surface area contributed by atoms with Crippen LogP contribution in [0, 0.1) is 0 Å². The number of esters is 1. The maximum atomic E-state index is 11.9. The molecule has 0 amide bonds. The molecule has 1 aromatic carbocycles. The minimum absolute atomic E-state index is 0.0894. The quantitative estimate of drug-likeness (QED) is 0.411. The van der Waals surface area contributed by atoms with E-state index in [9.17, 15) is 9.59 Å². The van der Waals surface area contributed by atoms with Crippen LogP contribution in [0.5, 0.6) is 5.75 Å². The highest BCUT2D eigenvalue weighted by atomic mass is 16.5. The second kappa shape index (κ2) is 8.29. The highest BCUT2D eigenvalue weighted by molar-refractivity contribution is 5.96. The normalized spacial score (nSPS) is 10.0. The largest absolute Gasteiger partial charge is 0.497 e. The summed E-state index contributed by atoms with van der Waals surface area (Å²) >= 11 is 0. The smallest absolute Gasteiger partial charge is 0.305 e. The van der Waals surface area contributed by atoms with Crippen molar-refractivity contribution in [3.8, 4) is 5.75 Å². The standard InChI is InChI=1S/C15H20O4/c1-3-19-15(17)7-5-4-6-14(16)12-8-10-13(18-2)11-9-12/h8-11H,3-7H2,1-2H3. The third-order valence-corrected chi connectivity index (χ3v) is 2.75. The second-order valence-corrected chi connectivity index (χ2v) is 4.16. The summed E-state index contributed by atoms with van der Waals surface area (Å²) in [6.07, 6.45) is 2.21. The molecule has 0 aliphatic rings. The average molecular weight is 264 g/mol. The minimum atomic E-state index is -0.195. The zero-order chi connectivity index (χ0) is 14.1. The summed E-state index contributed by atoms with van der Waals surface area (Å²) in [6.45, 7) is 2.19. The molecule has 1 rings (SSSR count). The fraction of sp³-hybridized carbons (Fsp3) is 0.467. The Morgan fingerprint density at radius 2 is 1.68 bits per heavy atom. The van der Waals surface area contributed by atoms with Gasteiger partial charge in [0, 0.05) is 18.4 Å². The number of hydrogen-bond donors (Lipinski definition) is 0. The summed E-state index contributed by atoms with van der Waals surface area (Å²) in [5.41, 5.74) is 0.678. The van der Waals surface area contributed by atoms with Crippen LogP contribution in [0.1, 0.15) is 43.0 Å². The molecule has 0 saturated carbocycles. The third kappa shape index (κ3) is 5.55. The molecule has 0 bridgehead atoms. The molecule has 0 aliphatic carbocycles. The first-order valence-corrected chi connectivity index (χ1v) is 6.50. The van der Waals surface area contributed by atoms with Gasteiger partial charge in [-0.2, -0.15) is 0 Å². The lowest BCUT2D eigenvalue weighted by atomic mass is 10.0. The van der Waals surface area contributed by atoms with Crippen molar-refractivity contribution >= 4 is 11.8 Å². The molecule has 0 aromatic heterocycles. The van der Waals surface area contributed by atoms with Gasteiger partial charge in [0.05, 0.1) is 13.7 Å². The number of benzene rings is 1. The Morgan fingerprint density at radius 3 is 2.26 bits per heavy atom. The molecule has 0 aliphatic heterocycles. The van der Waals surface area contributed by atoms with E-state index < -0.39 is 0 Å².